The fraction of sp³-hybridized carbons (Fsp3) is 0.786. The Morgan fingerprint density at radius 2 is 1.54 bits per heavy atom. The fourth-order valence-electron chi connectivity index (χ4n) is 2.58. The lowest BCUT2D eigenvalue weighted by Crippen LogP contribution is -2.39. The van der Waals surface area contributed by atoms with Gasteiger partial charge in [0.15, 0.2) is 0 Å². The number of hydrogen-bond donors (Lipinski definition) is 5. The summed E-state index contributed by atoms with van der Waals surface area (Å²) < 4.78 is 34.6. The van der Waals surface area contributed by atoms with Crippen molar-refractivity contribution in [2.45, 2.75) is 32.3 Å². The smallest absolute Gasteiger partial charge is 0.308 e. The van der Waals surface area contributed by atoms with Crippen molar-refractivity contribution >= 4 is 28.0 Å². The predicted octanol–water partition coefficient (Wildman–Crippen LogP) is -0.456. The summed E-state index contributed by atoms with van der Waals surface area (Å²) in [7, 11) is -4.36. The molecule has 0 aromatic carbocycles. The summed E-state index contributed by atoms with van der Waals surface area (Å²) in [5, 5.41) is 36.9. The van der Waals surface area contributed by atoms with Gasteiger partial charge in [-0.05, 0) is 19.3 Å². The van der Waals surface area contributed by atoms with Crippen LogP contribution in [0.15, 0.2) is 0 Å². The Kier molecular flexibility index (Phi) is 10.3. The molecule has 4 unspecified atom stereocenters. The van der Waals surface area contributed by atoms with E-state index in [1.807, 2.05) is 0 Å². The first kappa shape index (κ1) is 24.2. The largest absolute Gasteiger partial charge is 0.481 e. The highest BCUT2D eigenvalue weighted by atomic mass is 32.2. The summed E-state index contributed by atoms with van der Waals surface area (Å²) >= 11 is 0. The first-order valence-electron chi connectivity index (χ1n) is 7.80. The molecule has 0 aliphatic heterocycles. The van der Waals surface area contributed by atoms with E-state index in [1.54, 1.807) is 0 Å². The van der Waals surface area contributed by atoms with Gasteiger partial charge in [-0.25, -0.2) is 0 Å². The van der Waals surface area contributed by atoms with E-state index in [0.29, 0.717) is 0 Å². The van der Waals surface area contributed by atoms with E-state index in [-0.39, 0.29) is 25.9 Å². The molecule has 0 amide bonds. The molecule has 0 saturated heterocycles. The number of rotatable bonds is 14. The molecule has 4 atom stereocenters. The first-order valence-corrected chi connectivity index (χ1v) is 9.41. The molecule has 0 heterocycles. The van der Waals surface area contributed by atoms with Gasteiger partial charge in [0.2, 0.25) is 0 Å². The highest BCUT2D eigenvalue weighted by molar-refractivity contribution is 7.85. The van der Waals surface area contributed by atoms with Crippen LogP contribution >= 0.6 is 0 Å². The number of aliphatic hydroxyl groups is 1. The van der Waals surface area contributed by atoms with Crippen molar-refractivity contribution in [3.05, 3.63) is 0 Å². The standard InChI is InChI=1S/C14H24O11S/c1-2-9(12(16)17)11(14(20)21)10(13(18)19)4-3-5-25-6-8(15)7-26(22,23)24/h8-11,15H,2-7H2,1H3,(H,16,17)(H,18,19)(H,20,21)(H,22,23,24). The van der Waals surface area contributed by atoms with Crippen molar-refractivity contribution in [3.8, 4) is 0 Å². The second-order valence-corrected chi connectivity index (χ2v) is 7.28. The van der Waals surface area contributed by atoms with Gasteiger partial charge in [-0.1, -0.05) is 6.92 Å². The highest BCUT2D eigenvalue weighted by Crippen LogP contribution is 2.29. The zero-order chi connectivity index (χ0) is 20.5. The average Bonchev–Trinajstić information content (AvgIpc) is 2.46. The molecule has 152 valence electrons. The van der Waals surface area contributed by atoms with Crippen molar-refractivity contribution in [1.82, 2.24) is 0 Å². The Morgan fingerprint density at radius 1 is 1.00 bits per heavy atom. The van der Waals surface area contributed by atoms with Gasteiger partial charge in [-0.2, -0.15) is 8.42 Å². The van der Waals surface area contributed by atoms with Crippen molar-refractivity contribution in [2.75, 3.05) is 19.0 Å². The molecule has 0 aliphatic carbocycles. The minimum absolute atomic E-state index is 0.0472. The second kappa shape index (κ2) is 11.1. The summed E-state index contributed by atoms with van der Waals surface area (Å²) in [5.41, 5.74) is 0. The number of carboxylic acids is 3. The van der Waals surface area contributed by atoms with Crippen molar-refractivity contribution in [3.63, 3.8) is 0 Å². The second-order valence-electron chi connectivity index (χ2n) is 5.78. The minimum atomic E-state index is -4.36. The van der Waals surface area contributed by atoms with Gasteiger partial charge >= 0.3 is 17.9 Å². The summed E-state index contributed by atoms with van der Waals surface area (Å²) in [6.45, 7) is 0.919. The number of hydrogen-bond acceptors (Lipinski definition) is 7. The monoisotopic (exact) mass is 400 g/mol. The van der Waals surface area contributed by atoms with E-state index >= 15 is 0 Å². The molecule has 12 heteroatoms. The number of aliphatic hydroxyl groups excluding tert-OH is 1. The maximum absolute atomic E-state index is 11.4. The van der Waals surface area contributed by atoms with Gasteiger partial charge in [0.1, 0.15) is 5.75 Å². The zero-order valence-electron chi connectivity index (χ0n) is 14.1. The third-order valence-corrected chi connectivity index (χ3v) is 4.55. The molecule has 11 nitrogen and oxygen atoms in total. The molecule has 5 N–H and O–H groups in total. The maximum Gasteiger partial charge on any atom is 0.308 e. The molecule has 0 radical (unpaired) electrons. The summed E-state index contributed by atoms with van der Waals surface area (Å²) in [6, 6.07) is 0. The van der Waals surface area contributed by atoms with Gasteiger partial charge in [0.05, 0.1) is 30.5 Å². The van der Waals surface area contributed by atoms with E-state index in [2.05, 4.69) is 0 Å². The van der Waals surface area contributed by atoms with Gasteiger partial charge in [-0.15, -0.1) is 0 Å². The molecule has 26 heavy (non-hydrogen) atoms. The third kappa shape index (κ3) is 9.08. The summed E-state index contributed by atoms with van der Waals surface area (Å²) in [5.74, 6) is -9.68. The Bertz CT molecular complexity index is 586. The topological polar surface area (TPSA) is 196 Å². The van der Waals surface area contributed by atoms with Crippen LogP contribution < -0.4 is 0 Å². The van der Waals surface area contributed by atoms with E-state index in [9.17, 15) is 38.1 Å². The van der Waals surface area contributed by atoms with Crippen molar-refractivity contribution in [1.29, 1.82) is 0 Å². The van der Waals surface area contributed by atoms with Crippen LogP contribution in [0.25, 0.3) is 0 Å². The Balaban J connectivity index is 4.70. The van der Waals surface area contributed by atoms with Crippen LogP contribution in [-0.4, -0.2) is 76.4 Å². The van der Waals surface area contributed by atoms with Crippen LogP contribution in [0.3, 0.4) is 0 Å². The normalized spacial score (nSPS) is 16.4. The lowest BCUT2D eigenvalue weighted by molar-refractivity contribution is -0.162. The lowest BCUT2D eigenvalue weighted by atomic mass is 9.78. The molecule has 0 aliphatic rings. The number of carbonyl (C=O) groups is 3. The van der Waals surface area contributed by atoms with Crippen molar-refractivity contribution < 1.29 is 52.5 Å². The number of carboxylic acid groups (broad SMARTS) is 3. The molecule has 0 bridgehead atoms. The molecular weight excluding hydrogens is 376 g/mol. The first-order chi connectivity index (χ1) is 11.9. The third-order valence-electron chi connectivity index (χ3n) is 3.74. The Hall–Kier alpha value is -1.76. The predicted molar refractivity (Wildman–Crippen MR) is 86.1 cm³/mol. The molecule has 0 fully saturated rings. The summed E-state index contributed by atoms with van der Waals surface area (Å²) in [4.78, 5) is 34.0. The maximum atomic E-state index is 11.4. The molecule has 0 saturated carbocycles. The number of aliphatic carboxylic acids is 3. The molecule has 0 aromatic rings. The zero-order valence-corrected chi connectivity index (χ0v) is 15.0. The van der Waals surface area contributed by atoms with E-state index in [1.165, 1.54) is 6.92 Å². The summed E-state index contributed by atoms with van der Waals surface area (Å²) in [6.07, 6.45) is -1.64. The fourth-order valence-corrected chi connectivity index (χ4v) is 3.16. The van der Waals surface area contributed by atoms with Gasteiger partial charge in [-0.3, -0.25) is 18.9 Å². The van der Waals surface area contributed by atoms with Gasteiger partial charge in [0, 0.05) is 6.61 Å². The van der Waals surface area contributed by atoms with Crippen LogP contribution in [0, 0.1) is 17.8 Å². The lowest BCUT2D eigenvalue weighted by Gasteiger charge is -2.25. The van der Waals surface area contributed by atoms with Gasteiger partial charge < -0.3 is 25.2 Å². The van der Waals surface area contributed by atoms with Crippen LogP contribution in [0.5, 0.6) is 0 Å². The number of ether oxygens (including phenoxy) is 1. The average molecular weight is 400 g/mol. The van der Waals surface area contributed by atoms with Crippen LogP contribution in [0.2, 0.25) is 0 Å². The van der Waals surface area contributed by atoms with Crippen LogP contribution in [0.4, 0.5) is 0 Å². The van der Waals surface area contributed by atoms with E-state index < -0.39 is 64.2 Å². The molecule has 0 aromatic heterocycles. The van der Waals surface area contributed by atoms with Crippen molar-refractivity contribution in [2.24, 2.45) is 17.8 Å². The molecular formula is C14H24O11S. The Labute approximate surface area is 150 Å². The van der Waals surface area contributed by atoms with E-state index in [0.717, 1.165) is 0 Å². The molecule has 0 rings (SSSR count). The van der Waals surface area contributed by atoms with Gasteiger partial charge in [0.25, 0.3) is 10.1 Å². The van der Waals surface area contributed by atoms with Crippen LogP contribution in [-0.2, 0) is 29.2 Å². The SMILES string of the molecule is CCC(C(=O)O)C(C(=O)O)C(CCCOCC(O)CS(=O)(=O)O)C(=O)O. The van der Waals surface area contributed by atoms with E-state index in [4.69, 9.17) is 14.4 Å². The highest BCUT2D eigenvalue weighted by Gasteiger charge is 2.41. The quantitative estimate of drug-likeness (QED) is 0.187. The minimum Gasteiger partial charge on any atom is -0.481 e. The van der Waals surface area contributed by atoms with Crippen LogP contribution in [0.1, 0.15) is 26.2 Å². The molecule has 0 spiro atoms. The Morgan fingerprint density at radius 3 is 1.92 bits per heavy atom.